The van der Waals surface area contributed by atoms with Gasteiger partial charge in [0.2, 0.25) is 0 Å². The van der Waals surface area contributed by atoms with Crippen molar-refractivity contribution in [2.24, 2.45) is 0 Å². The predicted octanol–water partition coefficient (Wildman–Crippen LogP) is 4.60. The van der Waals surface area contributed by atoms with Crippen molar-refractivity contribution in [1.29, 1.82) is 0 Å². The molecule has 0 amide bonds. The Morgan fingerprint density at radius 2 is 1.76 bits per heavy atom. The molecule has 0 bridgehead atoms. The highest BCUT2D eigenvalue weighted by Gasteiger charge is 2.23. The van der Waals surface area contributed by atoms with Gasteiger partial charge < -0.3 is 0 Å². The summed E-state index contributed by atoms with van der Waals surface area (Å²) in [5, 5.41) is 0. The first-order valence-electron chi connectivity index (χ1n) is 6.86. The number of halogens is 3. The van der Waals surface area contributed by atoms with E-state index in [1.54, 1.807) is 18.2 Å². The third-order valence-electron chi connectivity index (χ3n) is 4.01. The first-order valence-corrected chi connectivity index (χ1v) is 6.86. The highest BCUT2D eigenvalue weighted by molar-refractivity contribution is 6.09. The molecule has 3 rings (SSSR count). The van der Waals surface area contributed by atoms with Crippen molar-refractivity contribution >= 4 is 5.78 Å². The Bertz CT molecular complexity index is 705. The number of carbonyl (C=O) groups is 1. The maximum absolute atomic E-state index is 13.7. The second kappa shape index (κ2) is 5.35. The van der Waals surface area contributed by atoms with Crippen LogP contribution in [0.15, 0.2) is 36.4 Å². The lowest BCUT2D eigenvalue weighted by Gasteiger charge is -2.26. The average molecular weight is 290 g/mol. The van der Waals surface area contributed by atoms with Crippen LogP contribution in [0.3, 0.4) is 0 Å². The van der Waals surface area contributed by atoms with Crippen LogP contribution in [0.4, 0.5) is 13.2 Å². The Morgan fingerprint density at radius 1 is 1.00 bits per heavy atom. The summed E-state index contributed by atoms with van der Waals surface area (Å²) in [5.74, 6) is -4.54. The number of carbonyl (C=O) groups excluding carboxylic acids is 1. The van der Waals surface area contributed by atoms with E-state index < -0.39 is 28.8 Å². The quantitative estimate of drug-likeness (QED) is 0.596. The van der Waals surface area contributed by atoms with Gasteiger partial charge in [-0.2, -0.15) is 0 Å². The first-order chi connectivity index (χ1) is 10.1. The molecule has 0 radical (unpaired) electrons. The topological polar surface area (TPSA) is 17.1 Å². The van der Waals surface area contributed by atoms with Gasteiger partial charge in [-0.25, -0.2) is 13.2 Å². The van der Waals surface area contributed by atoms with Gasteiger partial charge in [-0.3, -0.25) is 4.79 Å². The molecular weight excluding hydrogens is 277 g/mol. The van der Waals surface area contributed by atoms with Gasteiger partial charge in [0.15, 0.2) is 23.2 Å². The molecule has 108 valence electrons. The van der Waals surface area contributed by atoms with E-state index in [4.69, 9.17) is 0 Å². The van der Waals surface area contributed by atoms with Crippen LogP contribution in [0.2, 0.25) is 0 Å². The van der Waals surface area contributed by atoms with Crippen LogP contribution in [-0.4, -0.2) is 5.78 Å². The Morgan fingerprint density at radius 3 is 2.43 bits per heavy atom. The summed E-state index contributed by atoms with van der Waals surface area (Å²) < 4.78 is 39.9. The third-order valence-corrected chi connectivity index (χ3v) is 4.01. The van der Waals surface area contributed by atoms with Crippen molar-refractivity contribution in [3.05, 3.63) is 70.5 Å². The normalized spacial score (nSPS) is 14.8. The van der Waals surface area contributed by atoms with E-state index in [-0.39, 0.29) is 0 Å². The summed E-state index contributed by atoms with van der Waals surface area (Å²) in [6.07, 6.45) is 3.33. The molecular formula is C17H13F3O. The minimum absolute atomic E-state index is 0.296. The van der Waals surface area contributed by atoms with Crippen LogP contribution in [-0.2, 0) is 0 Å². The van der Waals surface area contributed by atoms with E-state index in [9.17, 15) is 18.0 Å². The molecule has 4 heteroatoms. The van der Waals surface area contributed by atoms with Crippen molar-refractivity contribution in [2.75, 3.05) is 0 Å². The number of benzene rings is 2. The Balaban J connectivity index is 1.97. The second-order valence-electron chi connectivity index (χ2n) is 5.31. The maximum atomic E-state index is 13.7. The van der Waals surface area contributed by atoms with Crippen LogP contribution >= 0.6 is 0 Å². The SMILES string of the molecule is O=C(c1cccc(C2CCC2)c1)c1ccc(F)c(F)c1F. The van der Waals surface area contributed by atoms with Crippen LogP contribution in [0.25, 0.3) is 0 Å². The van der Waals surface area contributed by atoms with Gasteiger partial charge in [0.05, 0.1) is 5.56 Å². The van der Waals surface area contributed by atoms with E-state index in [0.29, 0.717) is 11.5 Å². The minimum atomic E-state index is -1.61. The zero-order valence-corrected chi connectivity index (χ0v) is 11.2. The first kappa shape index (κ1) is 13.9. The lowest BCUT2D eigenvalue weighted by molar-refractivity contribution is 0.103. The molecule has 0 saturated heterocycles. The Kier molecular flexibility index (Phi) is 3.53. The second-order valence-corrected chi connectivity index (χ2v) is 5.31. The lowest BCUT2D eigenvalue weighted by Crippen LogP contribution is -2.11. The molecule has 21 heavy (non-hydrogen) atoms. The van der Waals surface area contributed by atoms with Gasteiger partial charge in [0.1, 0.15) is 0 Å². The van der Waals surface area contributed by atoms with Crippen LogP contribution in [0.1, 0.15) is 46.7 Å². The van der Waals surface area contributed by atoms with E-state index in [1.165, 1.54) is 6.42 Å². The zero-order chi connectivity index (χ0) is 15.0. The molecule has 1 nitrogen and oxygen atoms in total. The molecule has 0 spiro atoms. The van der Waals surface area contributed by atoms with Gasteiger partial charge in [-0.05, 0) is 42.5 Å². The fraction of sp³-hybridized carbons (Fsp3) is 0.235. The molecule has 1 aliphatic carbocycles. The molecule has 1 fully saturated rings. The fourth-order valence-corrected chi connectivity index (χ4v) is 2.53. The summed E-state index contributed by atoms with van der Waals surface area (Å²) in [6.45, 7) is 0. The summed E-state index contributed by atoms with van der Waals surface area (Å²) >= 11 is 0. The minimum Gasteiger partial charge on any atom is -0.288 e. The van der Waals surface area contributed by atoms with Crippen molar-refractivity contribution in [3.8, 4) is 0 Å². The van der Waals surface area contributed by atoms with Gasteiger partial charge in [-0.15, -0.1) is 0 Å². The largest absolute Gasteiger partial charge is 0.288 e. The monoisotopic (exact) mass is 290 g/mol. The Labute approximate surface area is 120 Å². The number of hydrogen-bond donors (Lipinski definition) is 0. The van der Waals surface area contributed by atoms with Crippen LogP contribution < -0.4 is 0 Å². The molecule has 0 heterocycles. The van der Waals surface area contributed by atoms with Crippen molar-refractivity contribution < 1.29 is 18.0 Å². The number of hydrogen-bond acceptors (Lipinski definition) is 1. The van der Waals surface area contributed by atoms with Gasteiger partial charge in [0.25, 0.3) is 0 Å². The molecule has 0 N–H and O–H groups in total. The zero-order valence-electron chi connectivity index (χ0n) is 11.2. The number of ketones is 1. The van der Waals surface area contributed by atoms with E-state index in [1.807, 2.05) is 6.07 Å². The average Bonchev–Trinajstić information content (AvgIpc) is 2.43. The van der Waals surface area contributed by atoms with Crippen molar-refractivity contribution in [2.45, 2.75) is 25.2 Å². The molecule has 2 aromatic rings. The third kappa shape index (κ3) is 2.46. The van der Waals surface area contributed by atoms with Crippen molar-refractivity contribution in [3.63, 3.8) is 0 Å². The summed E-state index contributed by atoms with van der Waals surface area (Å²) in [7, 11) is 0. The lowest BCUT2D eigenvalue weighted by atomic mass is 9.79. The van der Waals surface area contributed by atoms with E-state index in [2.05, 4.69) is 0 Å². The van der Waals surface area contributed by atoms with Gasteiger partial charge in [0, 0.05) is 5.56 Å². The fourth-order valence-electron chi connectivity index (χ4n) is 2.53. The Hall–Kier alpha value is -2.10. The standard InChI is InChI=1S/C17H13F3O/c18-14-8-7-13(15(19)16(14)20)17(21)12-6-2-5-11(9-12)10-3-1-4-10/h2,5-10H,1,3-4H2. The van der Waals surface area contributed by atoms with Gasteiger partial charge in [-0.1, -0.05) is 24.6 Å². The maximum Gasteiger partial charge on any atom is 0.196 e. The van der Waals surface area contributed by atoms with Crippen molar-refractivity contribution in [1.82, 2.24) is 0 Å². The summed E-state index contributed by atoms with van der Waals surface area (Å²) in [4.78, 5) is 12.3. The van der Waals surface area contributed by atoms with E-state index in [0.717, 1.165) is 30.5 Å². The number of rotatable bonds is 3. The van der Waals surface area contributed by atoms with Crippen LogP contribution in [0, 0.1) is 17.5 Å². The summed E-state index contributed by atoms with van der Waals surface area (Å²) in [6, 6.07) is 8.69. The highest BCUT2D eigenvalue weighted by atomic mass is 19.2. The summed E-state index contributed by atoms with van der Waals surface area (Å²) in [5.41, 5.74) is 0.888. The smallest absolute Gasteiger partial charge is 0.196 e. The van der Waals surface area contributed by atoms with Crippen LogP contribution in [0.5, 0.6) is 0 Å². The highest BCUT2D eigenvalue weighted by Crippen LogP contribution is 2.36. The molecule has 1 aliphatic rings. The molecule has 1 saturated carbocycles. The molecule has 0 aromatic heterocycles. The molecule has 0 aliphatic heterocycles. The van der Waals surface area contributed by atoms with E-state index >= 15 is 0 Å². The van der Waals surface area contributed by atoms with Gasteiger partial charge >= 0.3 is 0 Å². The molecule has 2 aromatic carbocycles. The predicted molar refractivity (Wildman–Crippen MR) is 72.8 cm³/mol. The molecule has 0 unspecified atom stereocenters. The molecule has 0 atom stereocenters.